The number of nitrogens with one attached hydrogen (secondary N) is 2. The van der Waals surface area contributed by atoms with Crippen molar-refractivity contribution in [3.63, 3.8) is 0 Å². The molecule has 5 rings (SSSR count). The molecule has 1 aromatic heterocycles. The number of benzene rings is 4. The maximum Gasteiger partial charge on any atom is 0.328 e. The van der Waals surface area contributed by atoms with E-state index in [-0.39, 0.29) is 6.04 Å². The van der Waals surface area contributed by atoms with Crippen LogP contribution in [-0.2, 0) is 9.59 Å². The van der Waals surface area contributed by atoms with Crippen molar-refractivity contribution in [2.45, 2.75) is 19.9 Å². The quantitative estimate of drug-likeness (QED) is 0.123. The lowest BCUT2D eigenvalue weighted by molar-refractivity contribution is -0.538. The zero-order valence-corrected chi connectivity index (χ0v) is 23.6. The fourth-order valence-corrected chi connectivity index (χ4v) is 4.34. The standard InChI is InChI=1S/C27H22Cl2N4.C4H4O4/c1-17(2)30-24-16-27-25(15-23(24)31-20-11-7-18(28)8-12-20)32-22-5-3-4-6-26(22)33(27)21-13-9-19(29)10-14-21;5-3(6)1-2-4(7)8/h3-17H,1-2H3,(H,31,32);1-2H,(H,5,6)(H,7,8)/b;2-1+. The van der Waals surface area contributed by atoms with Crippen molar-refractivity contribution >= 4 is 74.3 Å². The van der Waals surface area contributed by atoms with Gasteiger partial charge in [-0.1, -0.05) is 35.3 Å². The van der Waals surface area contributed by atoms with Crippen LogP contribution in [0.2, 0.25) is 10.0 Å². The summed E-state index contributed by atoms with van der Waals surface area (Å²) in [6.07, 6.45) is 0.942. The van der Waals surface area contributed by atoms with Crippen LogP contribution in [0.3, 0.4) is 0 Å². The normalized spacial score (nSPS) is 11.0. The molecule has 0 atom stereocenters. The van der Waals surface area contributed by atoms with Gasteiger partial charge in [0.15, 0.2) is 0 Å². The number of hydrogen-bond donors (Lipinski definition) is 3. The summed E-state index contributed by atoms with van der Waals surface area (Å²) in [7, 11) is 0. The first-order valence-corrected chi connectivity index (χ1v) is 13.3. The molecule has 8 nitrogen and oxygen atoms in total. The van der Waals surface area contributed by atoms with Gasteiger partial charge in [-0.25, -0.2) is 9.78 Å². The van der Waals surface area contributed by atoms with Crippen molar-refractivity contribution in [1.29, 1.82) is 0 Å². The van der Waals surface area contributed by atoms with Crippen molar-refractivity contribution < 1.29 is 24.4 Å². The molecule has 0 radical (unpaired) electrons. The Bertz CT molecular complexity index is 1720. The summed E-state index contributed by atoms with van der Waals surface area (Å²) < 4.78 is 2.23. The second kappa shape index (κ2) is 13.1. The molecule has 0 saturated carbocycles. The van der Waals surface area contributed by atoms with E-state index in [1.807, 2.05) is 66.7 Å². The number of carbonyl (C=O) groups excluding carboxylic acids is 1. The Balaban J connectivity index is 0.000000426. The molecule has 0 aliphatic heterocycles. The highest BCUT2D eigenvalue weighted by molar-refractivity contribution is 6.30. The van der Waals surface area contributed by atoms with Crippen LogP contribution in [0.1, 0.15) is 13.8 Å². The summed E-state index contributed by atoms with van der Waals surface area (Å²) in [5.74, 6) is -2.80. The fourth-order valence-electron chi connectivity index (χ4n) is 4.08. The molecular formula is C31H26Cl2N4O4. The molecule has 0 saturated heterocycles. The van der Waals surface area contributed by atoms with Crippen LogP contribution in [0.25, 0.3) is 27.8 Å². The van der Waals surface area contributed by atoms with E-state index in [1.165, 1.54) is 0 Å². The first-order chi connectivity index (χ1) is 19.6. The van der Waals surface area contributed by atoms with E-state index in [2.05, 4.69) is 47.2 Å². The number of para-hydroxylation sites is 2. The molecule has 3 N–H and O–H groups in total. The topological polar surface area (TPSA) is 118 Å². The lowest BCUT2D eigenvalue weighted by Gasteiger charge is -2.17. The number of fused-ring (bicyclic) bond motifs is 2. The van der Waals surface area contributed by atoms with Crippen LogP contribution in [0.4, 0.5) is 17.1 Å². The third-order valence-electron chi connectivity index (χ3n) is 5.73. The smallest absolute Gasteiger partial charge is 0.328 e. The van der Waals surface area contributed by atoms with Gasteiger partial charge >= 0.3 is 5.97 Å². The van der Waals surface area contributed by atoms with Gasteiger partial charge in [0, 0.05) is 52.1 Å². The van der Waals surface area contributed by atoms with E-state index in [0.717, 1.165) is 44.8 Å². The minimum Gasteiger partial charge on any atom is -0.545 e. The highest BCUT2D eigenvalue weighted by atomic mass is 35.5. The predicted octanol–water partition coefficient (Wildman–Crippen LogP) is 5.91. The molecule has 0 bridgehead atoms. The van der Waals surface area contributed by atoms with E-state index in [0.29, 0.717) is 22.2 Å². The number of anilines is 3. The monoisotopic (exact) mass is 588 g/mol. The Morgan fingerprint density at radius 3 is 2.07 bits per heavy atom. The van der Waals surface area contributed by atoms with Crippen LogP contribution in [0, 0.1) is 0 Å². The molecule has 41 heavy (non-hydrogen) atoms. The number of aromatic nitrogens is 2. The Kier molecular flexibility index (Phi) is 9.39. The summed E-state index contributed by atoms with van der Waals surface area (Å²) in [6, 6.07) is 28.2. The molecule has 1 heterocycles. The minimum absolute atomic E-state index is 0.255. The number of halogens is 2. The van der Waals surface area contributed by atoms with E-state index in [9.17, 15) is 14.7 Å². The van der Waals surface area contributed by atoms with Crippen LogP contribution in [-0.4, -0.2) is 28.1 Å². The molecule has 0 unspecified atom stereocenters. The molecule has 0 fully saturated rings. The lowest BCUT2D eigenvalue weighted by Crippen LogP contribution is -2.33. The van der Waals surface area contributed by atoms with E-state index < -0.39 is 11.9 Å². The fraction of sp³-hybridized carbons (Fsp3) is 0.0968. The van der Waals surface area contributed by atoms with Gasteiger partial charge in [0.1, 0.15) is 11.0 Å². The van der Waals surface area contributed by atoms with Gasteiger partial charge in [0.05, 0.1) is 17.3 Å². The summed E-state index contributed by atoms with van der Waals surface area (Å²) in [4.78, 5) is 24.0. The number of carbonyl (C=O) groups is 2. The summed E-state index contributed by atoms with van der Waals surface area (Å²) in [5.41, 5.74) is 7.75. The van der Waals surface area contributed by atoms with E-state index in [4.69, 9.17) is 33.3 Å². The second-order valence-electron chi connectivity index (χ2n) is 9.22. The molecule has 5 aromatic rings. The van der Waals surface area contributed by atoms with E-state index >= 15 is 0 Å². The van der Waals surface area contributed by atoms with Crippen molar-refractivity contribution in [3.8, 4) is 5.69 Å². The molecule has 10 heteroatoms. The molecule has 0 amide bonds. The van der Waals surface area contributed by atoms with Gasteiger partial charge in [-0.15, -0.1) is 4.57 Å². The lowest BCUT2D eigenvalue weighted by atomic mass is 10.1. The number of carboxylic acid groups (broad SMARTS) is 2. The number of aliphatic carboxylic acids is 2. The number of carboxylic acids is 2. The zero-order chi connectivity index (χ0) is 29.5. The molecular weight excluding hydrogens is 563 g/mol. The first kappa shape index (κ1) is 29.3. The van der Waals surface area contributed by atoms with Crippen LogP contribution in [0.5, 0.6) is 0 Å². The summed E-state index contributed by atoms with van der Waals surface area (Å²) in [5, 5.41) is 25.7. The third kappa shape index (κ3) is 7.72. The van der Waals surface area contributed by atoms with Gasteiger partial charge in [0.2, 0.25) is 16.7 Å². The first-order valence-electron chi connectivity index (χ1n) is 12.6. The van der Waals surface area contributed by atoms with E-state index in [1.54, 1.807) is 0 Å². The average Bonchev–Trinajstić information content (AvgIpc) is 2.93. The third-order valence-corrected chi connectivity index (χ3v) is 6.24. The summed E-state index contributed by atoms with van der Waals surface area (Å²) >= 11 is 12.3. The van der Waals surface area contributed by atoms with Gasteiger partial charge in [0.25, 0.3) is 0 Å². The minimum atomic E-state index is -1.51. The highest BCUT2D eigenvalue weighted by Crippen LogP contribution is 2.31. The number of nitrogens with zero attached hydrogens (tertiary/aromatic N) is 2. The maximum atomic E-state index is 9.53. The van der Waals surface area contributed by atoms with Crippen molar-refractivity contribution in [2.24, 2.45) is 0 Å². The van der Waals surface area contributed by atoms with Crippen molar-refractivity contribution in [3.05, 3.63) is 107 Å². The Morgan fingerprint density at radius 1 is 0.854 bits per heavy atom. The van der Waals surface area contributed by atoms with Crippen molar-refractivity contribution in [1.82, 2.24) is 4.98 Å². The van der Waals surface area contributed by atoms with Gasteiger partial charge in [-0.2, -0.15) is 0 Å². The van der Waals surface area contributed by atoms with Crippen LogP contribution >= 0.6 is 23.2 Å². The SMILES string of the molecule is CC(C)Nc1cc2c(cc1Nc1ccc(Cl)cc1)nc1ccccc1[n+]2-c1ccc(Cl)cc1.O=C([O-])/C=C/C(=O)O. The largest absolute Gasteiger partial charge is 0.545 e. The number of rotatable bonds is 7. The molecule has 0 aliphatic carbocycles. The summed E-state index contributed by atoms with van der Waals surface area (Å²) in [6.45, 7) is 4.25. The maximum absolute atomic E-state index is 9.53. The molecule has 0 aliphatic rings. The Morgan fingerprint density at radius 2 is 1.49 bits per heavy atom. The number of hydrogen-bond acceptors (Lipinski definition) is 6. The van der Waals surface area contributed by atoms with Crippen molar-refractivity contribution in [2.75, 3.05) is 10.6 Å². The van der Waals surface area contributed by atoms with Crippen LogP contribution < -0.4 is 20.3 Å². The van der Waals surface area contributed by atoms with Gasteiger partial charge in [-0.3, -0.25) is 0 Å². The molecule has 208 valence electrons. The van der Waals surface area contributed by atoms with Crippen LogP contribution in [0.15, 0.2) is 97.1 Å². The zero-order valence-electron chi connectivity index (χ0n) is 22.1. The van der Waals surface area contributed by atoms with Gasteiger partial charge < -0.3 is 25.6 Å². The Hall–Kier alpha value is -4.66. The molecule has 0 spiro atoms. The average molecular weight is 589 g/mol. The Labute approximate surface area is 246 Å². The van der Waals surface area contributed by atoms with Gasteiger partial charge in [-0.05, 0) is 68.5 Å². The predicted molar refractivity (Wildman–Crippen MR) is 161 cm³/mol. The highest BCUT2D eigenvalue weighted by Gasteiger charge is 2.21. The second-order valence-corrected chi connectivity index (χ2v) is 10.1. The molecule has 4 aromatic carbocycles.